The molecule has 144 valence electrons. The van der Waals surface area contributed by atoms with Crippen LogP contribution in [-0.2, 0) is 9.47 Å². The van der Waals surface area contributed by atoms with E-state index in [0.717, 1.165) is 0 Å². The number of aromatic nitrogens is 1. The molecule has 7 heteroatoms. The molecule has 0 aliphatic heterocycles. The number of nitrogens with zero attached hydrogens (tertiary/aromatic N) is 1. The van der Waals surface area contributed by atoms with E-state index in [9.17, 15) is 9.59 Å². The second kappa shape index (κ2) is 8.71. The number of benzene rings is 2. The zero-order chi connectivity index (χ0) is 20.1. The lowest BCUT2D eigenvalue weighted by molar-refractivity contribution is 0.0517. The summed E-state index contributed by atoms with van der Waals surface area (Å²) in [5, 5.41) is 4.39. The van der Waals surface area contributed by atoms with Gasteiger partial charge >= 0.3 is 11.9 Å². The van der Waals surface area contributed by atoms with Gasteiger partial charge in [0.15, 0.2) is 0 Å². The Morgan fingerprint density at radius 3 is 2.54 bits per heavy atom. The molecule has 28 heavy (non-hydrogen) atoms. The van der Waals surface area contributed by atoms with Crippen LogP contribution in [0.3, 0.4) is 0 Å². The topological polar surface area (TPSA) is 77.5 Å². The number of nitrogens with one attached hydrogen (secondary N) is 1. The lowest BCUT2D eigenvalue weighted by atomic mass is 10.1. The predicted octanol–water partition coefficient (Wildman–Crippen LogP) is 4.99. The highest BCUT2D eigenvalue weighted by atomic mass is 35.5. The summed E-state index contributed by atoms with van der Waals surface area (Å²) in [5.74, 6) is -0.916. The van der Waals surface area contributed by atoms with Gasteiger partial charge in [-0.1, -0.05) is 17.7 Å². The fraction of sp³-hybridized carbons (Fsp3) is 0.190. The number of esters is 2. The first kappa shape index (κ1) is 19.6. The van der Waals surface area contributed by atoms with Crippen molar-refractivity contribution in [2.45, 2.75) is 13.8 Å². The van der Waals surface area contributed by atoms with E-state index in [1.165, 1.54) is 6.20 Å². The number of carbonyl (C=O) groups is 2. The van der Waals surface area contributed by atoms with Gasteiger partial charge in [-0.3, -0.25) is 4.98 Å². The van der Waals surface area contributed by atoms with Crippen molar-refractivity contribution in [3.05, 3.63) is 64.8 Å². The molecule has 0 radical (unpaired) electrons. The van der Waals surface area contributed by atoms with Crippen LogP contribution in [0.1, 0.15) is 34.6 Å². The maximum Gasteiger partial charge on any atom is 0.341 e. The maximum absolute atomic E-state index is 12.4. The normalized spacial score (nSPS) is 10.5. The largest absolute Gasteiger partial charge is 0.462 e. The van der Waals surface area contributed by atoms with Gasteiger partial charge in [-0.2, -0.15) is 0 Å². The van der Waals surface area contributed by atoms with E-state index in [0.29, 0.717) is 32.9 Å². The number of fused-ring (bicyclic) bond motifs is 1. The molecule has 1 aromatic heterocycles. The van der Waals surface area contributed by atoms with E-state index >= 15 is 0 Å². The Labute approximate surface area is 167 Å². The van der Waals surface area contributed by atoms with Gasteiger partial charge in [-0.15, -0.1) is 0 Å². The van der Waals surface area contributed by atoms with E-state index < -0.39 is 11.9 Å². The summed E-state index contributed by atoms with van der Waals surface area (Å²) in [6.45, 7) is 4.01. The summed E-state index contributed by atoms with van der Waals surface area (Å²) < 4.78 is 10.2. The van der Waals surface area contributed by atoms with E-state index in [2.05, 4.69) is 10.3 Å². The van der Waals surface area contributed by atoms with Gasteiger partial charge < -0.3 is 14.8 Å². The molecule has 1 heterocycles. The first-order valence-corrected chi connectivity index (χ1v) is 9.20. The van der Waals surface area contributed by atoms with Crippen molar-refractivity contribution in [2.75, 3.05) is 18.5 Å². The molecular weight excluding hydrogens is 380 g/mol. The van der Waals surface area contributed by atoms with Crippen LogP contribution in [-0.4, -0.2) is 30.1 Å². The number of pyridine rings is 1. The molecule has 3 rings (SSSR count). The molecule has 0 bridgehead atoms. The maximum atomic E-state index is 12.4. The number of rotatable bonds is 6. The van der Waals surface area contributed by atoms with Crippen LogP contribution < -0.4 is 5.32 Å². The molecule has 1 N–H and O–H groups in total. The Morgan fingerprint density at radius 2 is 1.79 bits per heavy atom. The second-order valence-electron chi connectivity index (χ2n) is 5.86. The Kier molecular flexibility index (Phi) is 6.11. The quantitative estimate of drug-likeness (QED) is 0.589. The van der Waals surface area contributed by atoms with Crippen molar-refractivity contribution < 1.29 is 19.1 Å². The van der Waals surface area contributed by atoms with Gasteiger partial charge in [0.1, 0.15) is 5.56 Å². The SMILES string of the molecule is CCOC(=O)c1cccc(Nc2c(C(=O)OCC)cnc3ccc(Cl)cc23)c1. The third-order valence-corrected chi connectivity index (χ3v) is 4.20. The number of anilines is 2. The monoisotopic (exact) mass is 398 g/mol. The minimum absolute atomic E-state index is 0.240. The average Bonchev–Trinajstić information content (AvgIpc) is 2.69. The molecule has 0 aliphatic carbocycles. The standard InChI is InChI=1S/C21H19ClN2O4/c1-3-27-20(25)13-6-5-7-15(10-13)24-19-16-11-14(22)8-9-18(16)23-12-17(19)21(26)28-4-2/h5-12H,3-4H2,1-2H3,(H,23,24). The fourth-order valence-corrected chi connectivity index (χ4v) is 2.92. The minimum Gasteiger partial charge on any atom is -0.462 e. The fourth-order valence-electron chi connectivity index (χ4n) is 2.75. The predicted molar refractivity (Wildman–Crippen MR) is 108 cm³/mol. The van der Waals surface area contributed by atoms with Crippen molar-refractivity contribution >= 4 is 45.8 Å². The Morgan fingerprint density at radius 1 is 1.04 bits per heavy atom. The summed E-state index contributed by atoms with van der Waals surface area (Å²) in [6.07, 6.45) is 1.46. The molecule has 0 spiro atoms. The number of hydrogen-bond donors (Lipinski definition) is 1. The Bertz CT molecular complexity index is 1040. The Balaban J connectivity index is 2.09. The first-order chi connectivity index (χ1) is 13.5. The first-order valence-electron chi connectivity index (χ1n) is 8.83. The van der Waals surface area contributed by atoms with Gasteiger partial charge in [0, 0.05) is 22.3 Å². The van der Waals surface area contributed by atoms with E-state index in [-0.39, 0.29) is 18.8 Å². The van der Waals surface area contributed by atoms with Crippen LogP contribution in [0.5, 0.6) is 0 Å². The minimum atomic E-state index is -0.499. The van der Waals surface area contributed by atoms with Gasteiger partial charge in [0.05, 0.1) is 30.0 Å². The van der Waals surface area contributed by atoms with E-state index in [1.54, 1.807) is 56.3 Å². The number of ether oxygens (including phenoxy) is 2. The van der Waals surface area contributed by atoms with Crippen molar-refractivity contribution in [1.82, 2.24) is 4.98 Å². The second-order valence-corrected chi connectivity index (χ2v) is 6.29. The molecule has 0 amide bonds. The number of hydrogen-bond acceptors (Lipinski definition) is 6. The van der Waals surface area contributed by atoms with Crippen LogP contribution >= 0.6 is 11.6 Å². The summed E-state index contributed by atoms with van der Waals surface area (Å²) >= 11 is 6.16. The summed E-state index contributed by atoms with van der Waals surface area (Å²) in [4.78, 5) is 28.8. The van der Waals surface area contributed by atoms with Gasteiger partial charge in [0.2, 0.25) is 0 Å². The van der Waals surface area contributed by atoms with Crippen LogP contribution in [0.25, 0.3) is 10.9 Å². The smallest absolute Gasteiger partial charge is 0.341 e. The van der Waals surface area contributed by atoms with Gasteiger partial charge in [0.25, 0.3) is 0 Å². The highest BCUT2D eigenvalue weighted by Crippen LogP contribution is 2.31. The zero-order valence-electron chi connectivity index (χ0n) is 15.5. The van der Waals surface area contributed by atoms with Crippen LogP contribution in [0.2, 0.25) is 5.02 Å². The average molecular weight is 399 g/mol. The lowest BCUT2D eigenvalue weighted by Gasteiger charge is -2.15. The van der Waals surface area contributed by atoms with Crippen molar-refractivity contribution in [1.29, 1.82) is 0 Å². The van der Waals surface area contributed by atoms with Gasteiger partial charge in [-0.25, -0.2) is 9.59 Å². The van der Waals surface area contributed by atoms with Gasteiger partial charge in [-0.05, 0) is 50.2 Å². The van der Waals surface area contributed by atoms with Crippen molar-refractivity contribution in [2.24, 2.45) is 0 Å². The third kappa shape index (κ3) is 4.23. The van der Waals surface area contributed by atoms with Crippen molar-refractivity contribution in [3.63, 3.8) is 0 Å². The molecule has 2 aromatic carbocycles. The summed E-state index contributed by atoms with van der Waals surface area (Å²) in [6, 6.07) is 12.1. The molecule has 0 fully saturated rings. The highest BCUT2D eigenvalue weighted by Gasteiger charge is 2.18. The van der Waals surface area contributed by atoms with Crippen molar-refractivity contribution in [3.8, 4) is 0 Å². The molecule has 0 aliphatic rings. The van der Waals surface area contributed by atoms with Crippen LogP contribution in [0, 0.1) is 0 Å². The molecule has 0 saturated heterocycles. The Hall–Kier alpha value is -3.12. The summed E-state index contributed by atoms with van der Waals surface area (Å²) in [5.41, 5.74) is 2.47. The highest BCUT2D eigenvalue weighted by molar-refractivity contribution is 6.31. The number of halogens is 1. The molecular formula is C21H19ClN2O4. The lowest BCUT2D eigenvalue weighted by Crippen LogP contribution is -2.10. The molecule has 0 saturated carbocycles. The molecule has 0 atom stereocenters. The molecule has 0 unspecified atom stereocenters. The van der Waals surface area contributed by atoms with E-state index in [4.69, 9.17) is 21.1 Å². The van der Waals surface area contributed by atoms with Crippen LogP contribution in [0.4, 0.5) is 11.4 Å². The zero-order valence-corrected chi connectivity index (χ0v) is 16.2. The number of carbonyl (C=O) groups excluding carboxylic acids is 2. The van der Waals surface area contributed by atoms with E-state index in [1.807, 2.05) is 0 Å². The molecule has 6 nitrogen and oxygen atoms in total. The summed E-state index contributed by atoms with van der Waals surface area (Å²) in [7, 11) is 0. The van der Waals surface area contributed by atoms with Crippen LogP contribution in [0.15, 0.2) is 48.7 Å². The molecule has 3 aromatic rings. The third-order valence-electron chi connectivity index (χ3n) is 3.97.